The number of carbonyl (C=O) groups excluding carboxylic acids is 1. The molecule has 1 fully saturated rings. The van der Waals surface area contributed by atoms with E-state index in [1.54, 1.807) is 39.0 Å². The molecule has 1 heterocycles. The summed E-state index contributed by atoms with van der Waals surface area (Å²) in [4.78, 5) is 13.7. The normalized spacial score (nSPS) is 22.9. The average molecular weight is 280 g/mol. The van der Waals surface area contributed by atoms with Crippen molar-refractivity contribution in [2.75, 3.05) is 6.54 Å². The van der Waals surface area contributed by atoms with Crippen LogP contribution in [0.5, 0.6) is 0 Å². The molecule has 1 saturated heterocycles. The summed E-state index contributed by atoms with van der Waals surface area (Å²) in [7, 11) is 0. The Kier molecular flexibility index (Phi) is 3.99. The highest BCUT2D eigenvalue weighted by molar-refractivity contribution is 5.69. The molecule has 5 heteroatoms. The standard InChI is InChI=1S/C15H21FN2O2/c1-15(2,3)20-14(19)18-9-8-12(17)13(18)10-6-4-5-7-11(10)16/h4-7,12-13H,8-9,17H2,1-3H3/t12-,13+/m1/s1. The van der Waals surface area contributed by atoms with Crippen molar-refractivity contribution >= 4 is 6.09 Å². The number of nitrogens with two attached hydrogens (primary N) is 1. The van der Waals surface area contributed by atoms with E-state index >= 15 is 0 Å². The molecule has 1 aromatic rings. The van der Waals surface area contributed by atoms with Crippen molar-refractivity contribution in [3.05, 3.63) is 35.6 Å². The summed E-state index contributed by atoms with van der Waals surface area (Å²) in [6.07, 6.45) is 0.192. The van der Waals surface area contributed by atoms with E-state index in [1.807, 2.05) is 0 Å². The highest BCUT2D eigenvalue weighted by atomic mass is 19.1. The maximum atomic E-state index is 14.0. The number of hydrogen-bond donors (Lipinski definition) is 1. The molecule has 1 amide bonds. The topological polar surface area (TPSA) is 55.6 Å². The van der Waals surface area contributed by atoms with Gasteiger partial charge >= 0.3 is 6.09 Å². The van der Waals surface area contributed by atoms with Crippen LogP contribution in [0, 0.1) is 5.82 Å². The van der Waals surface area contributed by atoms with Gasteiger partial charge in [0.2, 0.25) is 0 Å². The van der Waals surface area contributed by atoms with Crippen molar-refractivity contribution in [1.82, 2.24) is 4.90 Å². The molecule has 0 radical (unpaired) electrons. The van der Waals surface area contributed by atoms with Crippen LogP contribution < -0.4 is 5.73 Å². The van der Waals surface area contributed by atoms with Gasteiger partial charge in [-0.2, -0.15) is 0 Å². The fraction of sp³-hybridized carbons (Fsp3) is 0.533. The van der Waals surface area contributed by atoms with Crippen LogP contribution in [0.1, 0.15) is 38.8 Å². The quantitative estimate of drug-likeness (QED) is 0.860. The SMILES string of the molecule is CC(C)(C)OC(=O)N1CC[C@@H](N)[C@@H]1c1ccccc1F. The monoisotopic (exact) mass is 280 g/mol. The Bertz CT molecular complexity index is 499. The number of nitrogens with zero attached hydrogens (tertiary/aromatic N) is 1. The summed E-state index contributed by atoms with van der Waals surface area (Å²) < 4.78 is 19.3. The second kappa shape index (κ2) is 5.40. The van der Waals surface area contributed by atoms with Crippen LogP contribution >= 0.6 is 0 Å². The molecule has 0 aromatic heterocycles. The first-order valence-corrected chi connectivity index (χ1v) is 6.79. The first kappa shape index (κ1) is 14.8. The van der Waals surface area contributed by atoms with Crippen LogP contribution in [0.25, 0.3) is 0 Å². The van der Waals surface area contributed by atoms with Gasteiger partial charge in [0, 0.05) is 18.2 Å². The molecule has 1 aliphatic rings. The molecule has 0 unspecified atom stereocenters. The Labute approximate surface area is 118 Å². The number of halogens is 1. The third-order valence-corrected chi connectivity index (χ3v) is 3.30. The first-order chi connectivity index (χ1) is 9.29. The zero-order chi connectivity index (χ0) is 14.9. The molecule has 1 aromatic carbocycles. The molecule has 2 rings (SSSR count). The van der Waals surface area contributed by atoms with Gasteiger partial charge in [0.1, 0.15) is 11.4 Å². The number of rotatable bonds is 1. The smallest absolute Gasteiger partial charge is 0.410 e. The fourth-order valence-corrected chi connectivity index (χ4v) is 2.46. The number of likely N-dealkylation sites (tertiary alicyclic amines) is 1. The van der Waals surface area contributed by atoms with Gasteiger partial charge in [0.15, 0.2) is 0 Å². The number of ether oxygens (including phenoxy) is 1. The summed E-state index contributed by atoms with van der Waals surface area (Å²) in [5.41, 5.74) is 5.92. The van der Waals surface area contributed by atoms with E-state index in [-0.39, 0.29) is 11.9 Å². The van der Waals surface area contributed by atoms with Gasteiger partial charge in [0.05, 0.1) is 6.04 Å². The Balaban J connectivity index is 2.26. The zero-order valence-corrected chi connectivity index (χ0v) is 12.1. The molecule has 0 spiro atoms. The third kappa shape index (κ3) is 3.10. The molecular weight excluding hydrogens is 259 g/mol. The molecule has 110 valence electrons. The number of carbonyl (C=O) groups is 1. The lowest BCUT2D eigenvalue weighted by Gasteiger charge is -2.30. The molecule has 0 saturated carbocycles. The van der Waals surface area contributed by atoms with E-state index in [0.29, 0.717) is 18.5 Å². The average Bonchev–Trinajstić information content (AvgIpc) is 2.70. The summed E-state index contributed by atoms with van der Waals surface area (Å²) >= 11 is 0. The molecule has 4 nitrogen and oxygen atoms in total. The van der Waals surface area contributed by atoms with Gasteiger partial charge in [-0.15, -0.1) is 0 Å². The zero-order valence-electron chi connectivity index (χ0n) is 12.1. The lowest BCUT2D eigenvalue weighted by atomic mass is 10.0. The van der Waals surface area contributed by atoms with Gasteiger partial charge in [0.25, 0.3) is 0 Å². The maximum absolute atomic E-state index is 14.0. The minimum atomic E-state index is -0.580. The second-order valence-electron chi connectivity index (χ2n) is 6.09. The summed E-state index contributed by atoms with van der Waals surface area (Å²) in [5.74, 6) is -0.344. The second-order valence-corrected chi connectivity index (χ2v) is 6.09. The van der Waals surface area contributed by atoms with E-state index in [0.717, 1.165) is 0 Å². The van der Waals surface area contributed by atoms with Gasteiger partial charge in [-0.1, -0.05) is 18.2 Å². The Morgan fingerprint density at radius 3 is 2.65 bits per heavy atom. The molecule has 0 bridgehead atoms. The minimum Gasteiger partial charge on any atom is -0.444 e. The number of hydrogen-bond acceptors (Lipinski definition) is 3. The highest BCUT2D eigenvalue weighted by Crippen LogP contribution is 2.33. The highest BCUT2D eigenvalue weighted by Gasteiger charge is 2.39. The summed E-state index contributed by atoms with van der Waals surface area (Å²) in [6, 6.07) is 5.68. The summed E-state index contributed by atoms with van der Waals surface area (Å²) in [6.45, 7) is 5.89. The molecule has 1 aliphatic heterocycles. The minimum absolute atomic E-state index is 0.278. The van der Waals surface area contributed by atoms with Crippen molar-refractivity contribution in [2.45, 2.75) is 44.9 Å². The third-order valence-electron chi connectivity index (χ3n) is 3.30. The molecule has 0 aliphatic carbocycles. The maximum Gasteiger partial charge on any atom is 0.410 e. The van der Waals surface area contributed by atoms with E-state index in [9.17, 15) is 9.18 Å². The lowest BCUT2D eigenvalue weighted by Crippen LogP contribution is -2.39. The van der Waals surface area contributed by atoms with Crippen molar-refractivity contribution in [3.63, 3.8) is 0 Å². The van der Waals surface area contributed by atoms with Crippen LogP contribution in [0.4, 0.5) is 9.18 Å². The molecular formula is C15H21FN2O2. The van der Waals surface area contributed by atoms with Gasteiger partial charge in [-0.25, -0.2) is 9.18 Å². The van der Waals surface area contributed by atoms with Gasteiger partial charge < -0.3 is 10.5 Å². The van der Waals surface area contributed by atoms with E-state index in [4.69, 9.17) is 10.5 Å². The van der Waals surface area contributed by atoms with Crippen LogP contribution in [-0.2, 0) is 4.74 Å². The lowest BCUT2D eigenvalue weighted by molar-refractivity contribution is 0.0216. The molecule has 2 atom stereocenters. The van der Waals surface area contributed by atoms with Gasteiger partial charge in [-0.05, 0) is 33.3 Å². The Morgan fingerprint density at radius 2 is 2.05 bits per heavy atom. The first-order valence-electron chi connectivity index (χ1n) is 6.79. The Morgan fingerprint density at radius 1 is 1.40 bits per heavy atom. The van der Waals surface area contributed by atoms with E-state index in [2.05, 4.69) is 0 Å². The largest absolute Gasteiger partial charge is 0.444 e. The van der Waals surface area contributed by atoms with Crippen LogP contribution in [0.15, 0.2) is 24.3 Å². The predicted octanol–water partition coefficient (Wildman–Crippen LogP) is 2.83. The van der Waals surface area contributed by atoms with Crippen molar-refractivity contribution in [3.8, 4) is 0 Å². The van der Waals surface area contributed by atoms with Crippen LogP contribution in [0.2, 0.25) is 0 Å². The van der Waals surface area contributed by atoms with Crippen molar-refractivity contribution in [2.24, 2.45) is 5.73 Å². The summed E-state index contributed by atoms with van der Waals surface area (Å²) in [5, 5.41) is 0. The molecule has 20 heavy (non-hydrogen) atoms. The van der Waals surface area contributed by atoms with Crippen molar-refractivity contribution in [1.29, 1.82) is 0 Å². The number of amides is 1. The fourth-order valence-electron chi connectivity index (χ4n) is 2.46. The van der Waals surface area contributed by atoms with E-state index < -0.39 is 17.7 Å². The van der Waals surface area contributed by atoms with Crippen LogP contribution in [-0.4, -0.2) is 29.2 Å². The predicted molar refractivity (Wildman–Crippen MR) is 74.7 cm³/mol. The number of benzene rings is 1. The van der Waals surface area contributed by atoms with Crippen molar-refractivity contribution < 1.29 is 13.9 Å². The Hall–Kier alpha value is -1.62. The van der Waals surface area contributed by atoms with E-state index in [1.165, 1.54) is 11.0 Å². The molecule has 2 N–H and O–H groups in total. The van der Waals surface area contributed by atoms with Crippen LogP contribution in [0.3, 0.4) is 0 Å². The van der Waals surface area contributed by atoms with Gasteiger partial charge in [-0.3, -0.25) is 4.90 Å².